The lowest BCUT2D eigenvalue weighted by Crippen LogP contribution is -2.45. The highest BCUT2D eigenvalue weighted by molar-refractivity contribution is 5.73. The largest absolute Gasteiger partial charge is 0.481 e. The van der Waals surface area contributed by atoms with Gasteiger partial charge in [-0.3, -0.25) is 9.78 Å². The van der Waals surface area contributed by atoms with Gasteiger partial charge >= 0.3 is 5.97 Å². The summed E-state index contributed by atoms with van der Waals surface area (Å²) < 4.78 is 0. The lowest BCUT2D eigenvalue weighted by Gasteiger charge is -2.40. The van der Waals surface area contributed by atoms with Crippen molar-refractivity contribution in [1.29, 1.82) is 0 Å². The van der Waals surface area contributed by atoms with Gasteiger partial charge in [0, 0.05) is 31.6 Å². The standard InChI is InChI=1S/C17H24N4O2/c1-11(2)21-6-4-12(8-17(22)23)13(10-21)7-16-19-14-3-5-18-9-15(14)20-16/h3,5,9,11-13H,4,6-8,10H2,1-2H3,(H,19,20)(H,22,23). The predicted molar refractivity (Wildman–Crippen MR) is 88.2 cm³/mol. The smallest absolute Gasteiger partial charge is 0.303 e. The molecule has 124 valence electrons. The molecule has 0 radical (unpaired) electrons. The van der Waals surface area contributed by atoms with Crippen LogP contribution in [0.3, 0.4) is 0 Å². The Labute approximate surface area is 135 Å². The van der Waals surface area contributed by atoms with Crippen molar-refractivity contribution in [2.24, 2.45) is 11.8 Å². The molecule has 1 aliphatic rings. The van der Waals surface area contributed by atoms with Gasteiger partial charge in [-0.25, -0.2) is 4.98 Å². The van der Waals surface area contributed by atoms with Crippen molar-refractivity contribution >= 4 is 17.0 Å². The van der Waals surface area contributed by atoms with Crippen molar-refractivity contribution in [2.45, 2.75) is 39.2 Å². The number of pyridine rings is 1. The molecule has 0 spiro atoms. The summed E-state index contributed by atoms with van der Waals surface area (Å²) in [6.45, 7) is 6.31. The van der Waals surface area contributed by atoms with Gasteiger partial charge in [-0.1, -0.05) is 0 Å². The first-order chi connectivity index (χ1) is 11.0. The SMILES string of the molecule is CC(C)N1CCC(CC(=O)O)C(Cc2nc3ccncc3[nH]2)C1. The molecule has 0 saturated carbocycles. The summed E-state index contributed by atoms with van der Waals surface area (Å²) in [4.78, 5) is 25.7. The van der Waals surface area contributed by atoms with Crippen molar-refractivity contribution in [3.8, 4) is 0 Å². The monoisotopic (exact) mass is 316 g/mol. The molecule has 6 heteroatoms. The lowest BCUT2D eigenvalue weighted by molar-refractivity contribution is -0.139. The van der Waals surface area contributed by atoms with Crippen LogP contribution in [0.5, 0.6) is 0 Å². The van der Waals surface area contributed by atoms with Gasteiger partial charge in [-0.2, -0.15) is 0 Å². The molecule has 0 aliphatic carbocycles. The van der Waals surface area contributed by atoms with Crippen LogP contribution in [-0.2, 0) is 11.2 Å². The summed E-state index contributed by atoms with van der Waals surface area (Å²) in [5, 5.41) is 9.19. The Bertz CT molecular complexity index is 649. The van der Waals surface area contributed by atoms with E-state index in [1.54, 1.807) is 12.4 Å². The number of imidazole rings is 1. The molecule has 2 aromatic rings. The third-order valence-corrected chi connectivity index (χ3v) is 4.88. The molecule has 6 nitrogen and oxygen atoms in total. The zero-order chi connectivity index (χ0) is 16.4. The Morgan fingerprint density at radius 1 is 1.48 bits per heavy atom. The first kappa shape index (κ1) is 15.9. The average molecular weight is 316 g/mol. The Balaban J connectivity index is 1.78. The van der Waals surface area contributed by atoms with Crippen LogP contribution in [0.1, 0.15) is 32.5 Å². The molecular weight excluding hydrogens is 292 g/mol. The number of hydrogen-bond acceptors (Lipinski definition) is 4. The van der Waals surface area contributed by atoms with Crippen molar-refractivity contribution < 1.29 is 9.90 Å². The molecule has 3 rings (SSSR count). The van der Waals surface area contributed by atoms with Crippen molar-refractivity contribution in [3.05, 3.63) is 24.3 Å². The number of aliphatic carboxylic acids is 1. The van der Waals surface area contributed by atoms with Crippen LogP contribution in [0.25, 0.3) is 11.0 Å². The second-order valence-corrected chi connectivity index (χ2v) is 6.78. The third kappa shape index (κ3) is 3.69. The van der Waals surface area contributed by atoms with Crippen LogP contribution in [0.15, 0.2) is 18.5 Å². The third-order valence-electron chi connectivity index (χ3n) is 4.88. The molecule has 0 aromatic carbocycles. The van der Waals surface area contributed by atoms with E-state index in [0.29, 0.717) is 12.0 Å². The number of carbonyl (C=O) groups is 1. The maximum atomic E-state index is 11.2. The second kappa shape index (κ2) is 6.66. The molecular formula is C17H24N4O2. The molecule has 2 unspecified atom stereocenters. The first-order valence-electron chi connectivity index (χ1n) is 8.27. The fourth-order valence-corrected chi connectivity index (χ4v) is 3.56. The number of rotatable bonds is 5. The topological polar surface area (TPSA) is 82.1 Å². The van der Waals surface area contributed by atoms with Crippen LogP contribution < -0.4 is 0 Å². The molecule has 23 heavy (non-hydrogen) atoms. The quantitative estimate of drug-likeness (QED) is 0.884. The number of nitrogens with zero attached hydrogens (tertiary/aromatic N) is 3. The minimum absolute atomic E-state index is 0.217. The van der Waals surface area contributed by atoms with Gasteiger partial charge in [0.05, 0.1) is 17.2 Å². The van der Waals surface area contributed by atoms with E-state index in [2.05, 4.69) is 33.7 Å². The maximum Gasteiger partial charge on any atom is 0.303 e. The van der Waals surface area contributed by atoms with Gasteiger partial charge < -0.3 is 15.0 Å². The molecule has 1 fully saturated rings. The van der Waals surface area contributed by atoms with E-state index in [0.717, 1.165) is 42.8 Å². The van der Waals surface area contributed by atoms with E-state index in [1.165, 1.54) is 0 Å². The number of likely N-dealkylation sites (tertiary alicyclic amines) is 1. The van der Waals surface area contributed by atoms with Crippen LogP contribution in [0.4, 0.5) is 0 Å². The Morgan fingerprint density at radius 3 is 3.00 bits per heavy atom. The van der Waals surface area contributed by atoms with E-state index < -0.39 is 5.97 Å². The fourth-order valence-electron chi connectivity index (χ4n) is 3.56. The summed E-state index contributed by atoms with van der Waals surface area (Å²) in [5.41, 5.74) is 1.86. The van der Waals surface area contributed by atoms with E-state index in [9.17, 15) is 9.90 Å². The molecule has 3 heterocycles. The van der Waals surface area contributed by atoms with Crippen LogP contribution in [0.2, 0.25) is 0 Å². The van der Waals surface area contributed by atoms with Crippen LogP contribution >= 0.6 is 0 Å². The second-order valence-electron chi connectivity index (χ2n) is 6.78. The van der Waals surface area contributed by atoms with Crippen molar-refractivity contribution in [3.63, 3.8) is 0 Å². The van der Waals surface area contributed by atoms with Gasteiger partial charge in [0.1, 0.15) is 5.82 Å². The van der Waals surface area contributed by atoms with Crippen molar-refractivity contribution in [1.82, 2.24) is 19.9 Å². The van der Waals surface area contributed by atoms with E-state index >= 15 is 0 Å². The van der Waals surface area contributed by atoms with E-state index in [4.69, 9.17) is 0 Å². The number of fused-ring (bicyclic) bond motifs is 1. The van der Waals surface area contributed by atoms with Gasteiger partial charge in [0.2, 0.25) is 0 Å². The van der Waals surface area contributed by atoms with Crippen molar-refractivity contribution in [2.75, 3.05) is 13.1 Å². The molecule has 1 aliphatic heterocycles. The minimum Gasteiger partial charge on any atom is -0.481 e. The van der Waals surface area contributed by atoms with Gasteiger partial charge in [-0.15, -0.1) is 0 Å². The number of nitrogens with one attached hydrogen (secondary N) is 1. The normalized spacial score (nSPS) is 22.7. The molecule has 0 bridgehead atoms. The predicted octanol–water partition coefficient (Wildman–Crippen LogP) is 2.32. The molecule has 2 N–H and O–H groups in total. The Morgan fingerprint density at radius 2 is 2.30 bits per heavy atom. The Hall–Kier alpha value is -1.95. The maximum absolute atomic E-state index is 11.2. The highest BCUT2D eigenvalue weighted by atomic mass is 16.4. The number of piperidine rings is 1. The van der Waals surface area contributed by atoms with Crippen LogP contribution in [-0.4, -0.2) is 50.1 Å². The number of aromatic nitrogens is 3. The average Bonchev–Trinajstić information content (AvgIpc) is 2.90. The summed E-state index contributed by atoms with van der Waals surface area (Å²) >= 11 is 0. The molecule has 2 atom stereocenters. The van der Waals surface area contributed by atoms with E-state index in [1.807, 2.05) is 6.07 Å². The zero-order valence-corrected chi connectivity index (χ0v) is 13.7. The van der Waals surface area contributed by atoms with E-state index in [-0.39, 0.29) is 12.3 Å². The van der Waals surface area contributed by atoms with Gasteiger partial charge in [0.15, 0.2) is 0 Å². The highest BCUT2D eigenvalue weighted by Gasteiger charge is 2.32. The number of H-pyrrole nitrogens is 1. The Kier molecular flexibility index (Phi) is 4.61. The fraction of sp³-hybridized carbons (Fsp3) is 0.588. The van der Waals surface area contributed by atoms with Crippen LogP contribution in [0, 0.1) is 11.8 Å². The zero-order valence-electron chi connectivity index (χ0n) is 13.7. The molecule has 0 amide bonds. The molecule has 1 saturated heterocycles. The number of aromatic amines is 1. The highest BCUT2D eigenvalue weighted by Crippen LogP contribution is 2.30. The van der Waals surface area contributed by atoms with Gasteiger partial charge in [0.25, 0.3) is 0 Å². The lowest BCUT2D eigenvalue weighted by atomic mass is 9.80. The van der Waals surface area contributed by atoms with Gasteiger partial charge in [-0.05, 0) is 44.7 Å². The number of carboxylic acid groups (broad SMARTS) is 1. The summed E-state index contributed by atoms with van der Waals surface area (Å²) in [6.07, 6.45) is 5.49. The summed E-state index contributed by atoms with van der Waals surface area (Å²) in [7, 11) is 0. The molecule has 2 aromatic heterocycles. The summed E-state index contributed by atoms with van der Waals surface area (Å²) in [5.74, 6) is 0.760. The summed E-state index contributed by atoms with van der Waals surface area (Å²) in [6, 6.07) is 2.38. The number of hydrogen-bond donors (Lipinski definition) is 2. The minimum atomic E-state index is -0.702. The first-order valence-corrected chi connectivity index (χ1v) is 8.27. The number of carboxylic acids is 1.